The van der Waals surface area contributed by atoms with Crippen molar-refractivity contribution in [1.29, 1.82) is 0 Å². The molecule has 0 radical (unpaired) electrons. The third-order valence-corrected chi connectivity index (χ3v) is 3.61. The first-order chi connectivity index (χ1) is 6.40. The molecule has 2 heterocycles. The maximum Gasteiger partial charge on any atom is 0.124 e. The fourth-order valence-electron chi connectivity index (χ4n) is 1.15. The molecule has 1 aromatic rings. The van der Waals surface area contributed by atoms with E-state index < -0.39 is 0 Å². The summed E-state index contributed by atoms with van der Waals surface area (Å²) in [6.07, 6.45) is 3.82. The van der Waals surface area contributed by atoms with E-state index in [2.05, 4.69) is 15.8 Å². The van der Waals surface area contributed by atoms with Crippen LogP contribution < -0.4 is 0 Å². The molecule has 2 rings (SSSR count). The molecule has 0 saturated carbocycles. The number of pyridine rings is 1. The first kappa shape index (κ1) is 8.38. The molecule has 1 aromatic heterocycles. The minimum atomic E-state index is -0.364. The van der Waals surface area contributed by atoms with Gasteiger partial charge in [0.1, 0.15) is 5.76 Å². The zero-order valence-electron chi connectivity index (χ0n) is 7.34. The van der Waals surface area contributed by atoms with Gasteiger partial charge in [0.2, 0.25) is 0 Å². The van der Waals surface area contributed by atoms with E-state index in [-0.39, 0.29) is 10.9 Å². The van der Waals surface area contributed by atoms with Crippen LogP contribution in [0, 0.1) is 0 Å². The van der Waals surface area contributed by atoms with Crippen molar-refractivity contribution in [3.05, 3.63) is 47.0 Å². The monoisotopic (exact) mass is 193 g/mol. The molecule has 13 heavy (non-hydrogen) atoms. The molecule has 0 saturated heterocycles. The SMILES string of the molecule is COC1=C[SH](c2ccccn2)C=C1. The molecule has 2 nitrogen and oxygen atoms in total. The summed E-state index contributed by atoms with van der Waals surface area (Å²) in [6.45, 7) is 0. The average molecular weight is 193 g/mol. The van der Waals surface area contributed by atoms with Gasteiger partial charge in [-0.3, -0.25) is 4.98 Å². The Kier molecular flexibility index (Phi) is 2.36. The highest BCUT2D eigenvalue weighted by Crippen LogP contribution is 2.42. The van der Waals surface area contributed by atoms with Crippen LogP contribution in [0.1, 0.15) is 0 Å². The first-order valence-corrected chi connectivity index (χ1v) is 5.51. The van der Waals surface area contributed by atoms with Crippen molar-refractivity contribution in [3.8, 4) is 0 Å². The van der Waals surface area contributed by atoms with E-state index in [0.29, 0.717) is 0 Å². The summed E-state index contributed by atoms with van der Waals surface area (Å²) in [5.41, 5.74) is 0. The van der Waals surface area contributed by atoms with Crippen molar-refractivity contribution >= 4 is 10.9 Å². The largest absolute Gasteiger partial charge is 0.496 e. The zero-order valence-corrected chi connectivity index (χ0v) is 8.24. The molecule has 3 heteroatoms. The number of thiol groups is 1. The Morgan fingerprint density at radius 2 is 2.31 bits per heavy atom. The standard InChI is InChI=1S/C10H11NOS/c1-12-9-5-7-13(8-9)10-4-2-3-6-11-10/h2-8,13H,1H3. The molecule has 1 aliphatic rings. The summed E-state index contributed by atoms with van der Waals surface area (Å²) in [6, 6.07) is 5.99. The lowest BCUT2D eigenvalue weighted by Gasteiger charge is -2.07. The highest BCUT2D eigenvalue weighted by Gasteiger charge is 2.08. The Balaban J connectivity index is 2.22. The lowest BCUT2D eigenvalue weighted by Crippen LogP contribution is -1.79. The number of hydrogen-bond acceptors (Lipinski definition) is 2. The molecule has 0 bridgehead atoms. The van der Waals surface area contributed by atoms with Crippen LogP contribution in [0.5, 0.6) is 0 Å². The lowest BCUT2D eigenvalue weighted by atomic mass is 10.5. The summed E-state index contributed by atoms with van der Waals surface area (Å²) in [7, 11) is 1.32. The van der Waals surface area contributed by atoms with Crippen LogP contribution in [0.2, 0.25) is 0 Å². The second kappa shape index (κ2) is 3.66. The van der Waals surface area contributed by atoms with Gasteiger partial charge in [-0.15, -0.1) is 0 Å². The summed E-state index contributed by atoms with van der Waals surface area (Å²) >= 11 is 0. The Hall–Kier alpha value is -1.22. The first-order valence-electron chi connectivity index (χ1n) is 4.03. The predicted octanol–water partition coefficient (Wildman–Crippen LogP) is 2.46. The van der Waals surface area contributed by atoms with Crippen LogP contribution in [-0.2, 0) is 4.74 Å². The van der Waals surface area contributed by atoms with E-state index >= 15 is 0 Å². The van der Waals surface area contributed by atoms with Gasteiger partial charge < -0.3 is 4.74 Å². The van der Waals surface area contributed by atoms with E-state index in [1.165, 1.54) is 0 Å². The van der Waals surface area contributed by atoms with Crippen LogP contribution in [0.3, 0.4) is 0 Å². The minimum Gasteiger partial charge on any atom is -0.496 e. The van der Waals surface area contributed by atoms with E-state index in [0.717, 1.165) is 10.8 Å². The van der Waals surface area contributed by atoms with Gasteiger partial charge in [-0.05, 0) is 23.6 Å². The van der Waals surface area contributed by atoms with Gasteiger partial charge in [-0.2, -0.15) is 10.9 Å². The zero-order chi connectivity index (χ0) is 9.10. The van der Waals surface area contributed by atoms with Crippen molar-refractivity contribution in [2.24, 2.45) is 0 Å². The fourth-order valence-corrected chi connectivity index (χ4v) is 2.75. The van der Waals surface area contributed by atoms with Crippen LogP contribution in [-0.4, -0.2) is 12.1 Å². The van der Waals surface area contributed by atoms with Gasteiger partial charge in [0, 0.05) is 11.6 Å². The smallest absolute Gasteiger partial charge is 0.124 e. The normalized spacial score (nSPS) is 22.8. The molecular weight excluding hydrogens is 182 g/mol. The van der Waals surface area contributed by atoms with Gasteiger partial charge in [0.15, 0.2) is 0 Å². The van der Waals surface area contributed by atoms with E-state index in [1.807, 2.05) is 30.5 Å². The molecule has 0 fully saturated rings. The second-order valence-corrected chi connectivity index (χ2v) is 4.48. The highest BCUT2D eigenvalue weighted by atomic mass is 32.2. The van der Waals surface area contributed by atoms with Gasteiger partial charge in [0.25, 0.3) is 0 Å². The molecule has 0 aliphatic carbocycles. The van der Waals surface area contributed by atoms with Gasteiger partial charge >= 0.3 is 0 Å². The number of aromatic nitrogens is 1. The predicted molar refractivity (Wildman–Crippen MR) is 55.7 cm³/mol. The quantitative estimate of drug-likeness (QED) is 0.729. The number of allylic oxidation sites excluding steroid dienone is 1. The molecule has 0 aromatic carbocycles. The third kappa shape index (κ3) is 1.75. The topological polar surface area (TPSA) is 22.1 Å². The minimum absolute atomic E-state index is 0.364. The molecule has 1 atom stereocenters. The highest BCUT2D eigenvalue weighted by molar-refractivity contribution is 8.22. The Bertz CT molecular complexity index is 345. The average Bonchev–Trinajstić information content (AvgIpc) is 2.67. The van der Waals surface area contributed by atoms with Crippen molar-refractivity contribution in [3.63, 3.8) is 0 Å². The molecule has 0 N–H and O–H groups in total. The van der Waals surface area contributed by atoms with Crippen LogP contribution in [0.4, 0.5) is 0 Å². The molecule has 0 amide bonds. The molecular formula is C10H11NOS. The number of rotatable bonds is 2. The molecule has 1 unspecified atom stereocenters. The summed E-state index contributed by atoms with van der Waals surface area (Å²) in [5.74, 6) is 0.941. The van der Waals surface area contributed by atoms with Crippen molar-refractivity contribution in [2.45, 2.75) is 5.03 Å². The fraction of sp³-hybridized carbons (Fsp3) is 0.100. The van der Waals surface area contributed by atoms with Crippen molar-refractivity contribution in [1.82, 2.24) is 4.98 Å². The summed E-state index contributed by atoms with van der Waals surface area (Å²) in [5, 5.41) is 5.40. The van der Waals surface area contributed by atoms with Crippen LogP contribution >= 0.6 is 10.9 Å². The van der Waals surface area contributed by atoms with E-state index in [9.17, 15) is 0 Å². The molecule has 1 aliphatic heterocycles. The van der Waals surface area contributed by atoms with Crippen LogP contribution in [0.25, 0.3) is 0 Å². The Morgan fingerprint density at radius 3 is 2.92 bits per heavy atom. The number of hydrogen-bond donors (Lipinski definition) is 1. The van der Waals surface area contributed by atoms with Crippen molar-refractivity contribution in [2.75, 3.05) is 7.11 Å². The molecule has 0 spiro atoms. The van der Waals surface area contributed by atoms with Crippen molar-refractivity contribution < 1.29 is 4.74 Å². The maximum absolute atomic E-state index is 5.13. The van der Waals surface area contributed by atoms with Gasteiger partial charge in [-0.1, -0.05) is 6.07 Å². The Labute approximate surface area is 80.3 Å². The summed E-state index contributed by atoms with van der Waals surface area (Å²) < 4.78 is 5.13. The second-order valence-electron chi connectivity index (χ2n) is 2.65. The van der Waals surface area contributed by atoms with Gasteiger partial charge in [0.05, 0.1) is 12.1 Å². The number of nitrogens with zero attached hydrogens (tertiary/aromatic N) is 1. The van der Waals surface area contributed by atoms with Crippen LogP contribution in [0.15, 0.2) is 52.1 Å². The lowest BCUT2D eigenvalue weighted by molar-refractivity contribution is 0.308. The Morgan fingerprint density at radius 1 is 1.38 bits per heavy atom. The molecule has 68 valence electrons. The third-order valence-electron chi connectivity index (χ3n) is 1.82. The maximum atomic E-state index is 5.13. The van der Waals surface area contributed by atoms with E-state index in [1.54, 1.807) is 7.11 Å². The number of methoxy groups -OCH3 is 1. The number of ether oxygens (including phenoxy) is 1. The van der Waals surface area contributed by atoms with Gasteiger partial charge in [-0.25, -0.2) is 0 Å². The summed E-state index contributed by atoms with van der Waals surface area (Å²) in [4.78, 5) is 4.31. The van der Waals surface area contributed by atoms with E-state index in [4.69, 9.17) is 4.74 Å².